The topological polar surface area (TPSA) is 81.1 Å². The standard InChI is InChI=1S/C9H19N3O/c1-6(9(11)13)12-8-4-2-3-7(8)5-10/h6-8,12H,2-5,10H2,1H3,(H2,11,13). The van der Waals surface area contributed by atoms with Gasteiger partial charge in [-0.25, -0.2) is 0 Å². The number of hydrogen-bond donors (Lipinski definition) is 3. The molecule has 3 atom stereocenters. The van der Waals surface area contributed by atoms with E-state index in [2.05, 4.69) is 5.32 Å². The van der Waals surface area contributed by atoms with Crippen molar-refractivity contribution < 1.29 is 4.79 Å². The highest BCUT2D eigenvalue weighted by Gasteiger charge is 2.27. The van der Waals surface area contributed by atoms with Crippen molar-refractivity contribution in [2.45, 2.75) is 38.3 Å². The molecule has 0 aromatic carbocycles. The average molecular weight is 185 g/mol. The SMILES string of the molecule is CC(NC1CCCC1CN)C(N)=O. The van der Waals surface area contributed by atoms with E-state index >= 15 is 0 Å². The summed E-state index contributed by atoms with van der Waals surface area (Å²) in [6, 6.07) is 0.143. The van der Waals surface area contributed by atoms with Gasteiger partial charge in [0.25, 0.3) is 0 Å². The summed E-state index contributed by atoms with van der Waals surface area (Å²) in [6.45, 7) is 2.50. The van der Waals surface area contributed by atoms with Gasteiger partial charge in [-0.1, -0.05) is 6.42 Å². The van der Waals surface area contributed by atoms with Crippen molar-refractivity contribution in [1.82, 2.24) is 5.32 Å². The van der Waals surface area contributed by atoms with E-state index in [0.717, 1.165) is 6.42 Å². The van der Waals surface area contributed by atoms with Crippen LogP contribution in [0.1, 0.15) is 26.2 Å². The Morgan fingerprint density at radius 3 is 2.85 bits per heavy atom. The van der Waals surface area contributed by atoms with E-state index in [4.69, 9.17) is 11.5 Å². The van der Waals surface area contributed by atoms with Crippen LogP contribution < -0.4 is 16.8 Å². The van der Waals surface area contributed by atoms with Gasteiger partial charge in [0.05, 0.1) is 6.04 Å². The molecule has 0 spiro atoms. The number of nitrogens with two attached hydrogens (primary N) is 2. The minimum atomic E-state index is -0.289. The zero-order valence-electron chi connectivity index (χ0n) is 8.12. The molecule has 0 saturated heterocycles. The molecular weight excluding hydrogens is 166 g/mol. The molecule has 1 fully saturated rings. The van der Waals surface area contributed by atoms with Crippen molar-refractivity contribution >= 4 is 5.91 Å². The molecule has 0 heterocycles. The fourth-order valence-corrected chi connectivity index (χ4v) is 1.94. The summed E-state index contributed by atoms with van der Waals surface area (Å²) in [5, 5.41) is 3.22. The molecule has 1 aliphatic carbocycles. The third-order valence-electron chi connectivity index (χ3n) is 2.85. The van der Waals surface area contributed by atoms with Gasteiger partial charge in [-0.15, -0.1) is 0 Å². The first-order chi connectivity index (χ1) is 6.15. The summed E-state index contributed by atoms with van der Waals surface area (Å²) in [7, 11) is 0. The second-order valence-corrected chi connectivity index (χ2v) is 3.82. The highest BCUT2D eigenvalue weighted by Crippen LogP contribution is 2.24. The third-order valence-corrected chi connectivity index (χ3v) is 2.85. The molecule has 4 nitrogen and oxygen atoms in total. The van der Waals surface area contributed by atoms with Gasteiger partial charge in [0, 0.05) is 6.04 Å². The van der Waals surface area contributed by atoms with E-state index in [1.54, 1.807) is 6.92 Å². The number of carbonyl (C=O) groups excluding carboxylic acids is 1. The molecule has 5 N–H and O–H groups in total. The van der Waals surface area contributed by atoms with E-state index < -0.39 is 0 Å². The van der Waals surface area contributed by atoms with Gasteiger partial charge in [-0.2, -0.15) is 0 Å². The summed E-state index contributed by atoms with van der Waals surface area (Å²) < 4.78 is 0. The van der Waals surface area contributed by atoms with Crippen LogP contribution in [0, 0.1) is 5.92 Å². The van der Waals surface area contributed by atoms with Crippen LogP contribution in [0.5, 0.6) is 0 Å². The summed E-state index contributed by atoms with van der Waals surface area (Å²) >= 11 is 0. The van der Waals surface area contributed by atoms with Crippen molar-refractivity contribution in [3.8, 4) is 0 Å². The van der Waals surface area contributed by atoms with E-state index in [9.17, 15) is 4.79 Å². The molecule has 1 aliphatic rings. The maximum absolute atomic E-state index is 10.8. The largest absolute Gasteiger partial charge is 0.368 e. The number of hydrogen-bond acceptors (Lipinski definition) is 3. The molecule has 3 unspecified atom stereocenters. The molecule has 1 saturated carbocycles. The summed E-state index contributed by atoms with van der Waals surface area (Å²) in [5.41, 5.74) is 10.8. The number of nitrogens with one attached hydrogen (secondary N) is 1. The molecule has 0 aromatic heterocycles. The summed E-state index contributed by atoms with van der Waals surface area (Å²) in [5.74, 6) is 0.226. The Kier molecular flexibility index (Phi) is 3.69. The quantitative estimate of drug-likeness (QED) is 0.556. The second-order valence-electron chi connectivity index (χ2n) is 3.82. The third kappa shape index (κ3) is 2.67. The van der Waals surface area contributed by atoms with Gasteiger partial charge in [0.1, 0.15) is 0 Å². The number of primary amides is 1. The van der Waals surface area contributed by atoms with Crippen LogP contribution in [0.2, 0.25) is 0 Å². The molecule has 0 aromatic rings. The van der Waals surface area contributed by atoms with Crippen LogP contribution in [0.25, 0.3) is 0 Å². The zero-order valence-corrected chi connectivity index (χ0v) is 8.12. The van der Waals surface area contributed by atoms with E-state index in [0.29, 0.717) is 18.5 Å². The van der Waals surface area contributed by atoms with Crippen LogP contribution in [-0.2, 0) is 4.79 Å². The number of amides is 1. The summed E-state index contributed by atoms with van der Waals surface area (Å²) in [6.07, 6.45) is 3.48. The van der Waals surface area contributed by atoms with Crippen molar-refractivity contribution in [2.75, 3.05) is 6.54 Å². The van der Waals surface area contributed by atoms with Crippen molar-refractivity contribution in [3.05, 3.63) is 0 Å². The maximum Gasteiger partial charge on any atom is 0.234 e. The fourth-order valence-electron chi connectivity index (χ4n) is 1.94. The normalized spacial score (nSPS) is 30.3. The molecule has 1 amide bonds. The number of carbonyl (C=O) groups is 1. The van der Waals surface area contributed by atoms with Crippen molar-refractivity contribution in [1.29, 1.82) is 0 Å². The molecule has 0 bridgehead atoms. The Balaban J connectivity index is 2.39. The van der Waals surface area contributed by atoms with Crippen LogP contribution in [0.3, 0.4) is 0 Å². The first-order valence-electron chi connectivity index (χ1n) is 4.90. The smallest absolute Gasteiger partial charge is 0.234 e. The predicted octanol–water partition coefficient (Wildman–Crippen LogP) is -0.423. The van der Waals surface area contributed by atoms with E-state index in [-0.39, 0.29) is 11.9 Å². The Hall–Kier alpha value is -0.610. The lowest BCUT2D eigenvalue weighted by Gasteiger charge is -2.22. The van der Waals surface area contributed by atoms with Crippen molar-refractivity contribution in [3.63, 3.8) is 0 Å². The van der Waals surface area contributed by atoms with Gasteiger partial charge < -0.3 is 16.8 Å². The molecule has 4 heteroatoms. The first-order valence-corrected chi connectivity index (χ1v) is 4.90. The lowest BCUT2D eigenvalue weighted by atomic mass is 10.0. The van der Waals surface area contributed by atoms with Crippen LogP contribution in [-0.4, -0.2) is 24.5 Å². The Morgan fingerprint density at radius 2 is 2.31 bits per heavy atom. The molecule has 1 rings (SSSR count). The lowest BCUT2D eigenvalue weighted by molar-refractivity contribution is -0.119. The minimum absolute atomic E-state index is 0.239. The van der Waals surface area contributed by atoms with E-state index in [1.807, 2.05) is 0 Å². The average Bonchev–Trinajstić information content (AvgIpc) is 2.51. The number of rotatable bonds is 4. The van der Waals surface area contributed by atoms with Gasteiger partial charge in [0.2, 0.25) is 5.91 Å². The fraction of sp³-hybridized carbons (Fsp3) is 0.889. The van der Waals surface area contributed by atoms with Crippen LogP contribution in [0.4, 0.5) is 0 Å². The monoisotopic (exact) mass is 185 g/mol. The zero-order chi connectivity index (χ0) is 9.84. The first kappa shape index (κ1) is 10.5. The predicted molar refractivity (Wildman–Crippen MR) is 52.0 cm³/mol. The van der Waals surface area contributed by atoms with Crippen molar-refractivity contribution in [2.24, 2.45) is 17.4 Å². The maximum atomic E-state index is 10.8. The van der Waals surface area contributed by atoms with Gasteiger partial charge in [-0.05, 0) is 32.2 Å². The molecule has 76 valence electrons. The van der Waals surface area contributed by atoms with E-state index in [1.165, 1.54) is 12.8 Å². The highest BCUT2D eigenvalue weighted by atomic mass is 16.1. The lowest BCUT2D eigenvalue weighted by Crippen LogP contribution is -2.47. The highest BCUT2D eigenvalue weighted by molar-refractivity contribution is 5.79. The molecule has 0 aliphatic heterocycles. The molecular formula is C9H19N3O. The Morgan fingerprint density at radius 1 is 1.62 bits per heavy atom. The Bertz CT molecular complexity index is 184. The summed E-state index contributed by atoms with van der Waals surface area (Å²) in [4.78, 5) is 10.8. The van der Waals surface area contributed by atoms with Crippen LogP contribution in [0.15, 0.2) is 0 Å². The van der Waals surface area contributed by atoms with Gasteiger partial charge in [0.15, 0.2) is 0 Å². The molecule has 0 radical (unpaired) electrons. The van der Waals surface area contributed by atoms with Gasteiger partial charge >= 0.3 is 0 Å². The van der Waals surface area contributed by atoms with Crippen LogP contribution >= 0.6 is 0 Å². The minimum Gasteiger partial charge on any atom is -0.368 e. The Labute approximate surface area is 79.0 Å². The second kappa shape index (κ2) is 4.58. The van der Waals surface area contributed by atoms with Gasteiger partial charge in [-0.3, -0.25) is 4.79 Å². The molecule has 13 heavy (non-hydrogen) atoms.